The van der Waals surface area contributed by atoms with Gasteiger partial charge in [0, 0.05) is 12.7 Å². The van der Waals surface area contributed by atoms with Gasteiger partial charge in [0.2, 0.25) is 5.82 Å². The predicted molar refractivity (Wildman–Crippen MR) is 57.6 cm³/mol. The molecule has 17 heavy (non-hydrogen) atoms. The van der Waals surface area contributed by atoms with E-state index in [4.69, 9.17) is 0 Å². The van der Waals surface area contributed by atoms with E-state index in [2.05, 4.69) is 10.3 Å². The van der Waals surface area contributed by atoms with Crippen LogP contribution in [0.15, 0.2) is 24.4 Å². The maximum absolute atomic E-state index is 12.7. The van der Waals surface area contributed by atoms with Crippen molar-refractivity contribution in [3.63, 3.8) is 0 Å². The fraction of sp³-hybridized carbons (Fsp3) is 0.364. The second-order valence-electron chi connectivity index (χ2n) is 3.62. The van der Waals surface area contributed by atoms with Gasteiger partial charge in [-0.15, -0.1) is 0 Å². The lowest BCUT2D eigenvalue weighted by Crippen LogP contribution is -2.13. The summed E-state index contributed by atoms with van der Waals surface area (Å²) in [5.74, 6) is -0.874. The highest BCUT2D eigenvalue weighted by Gasteiger charge is 2.36. The lowest BCUT2D eigenvalue weighted by molar-refractivity contribution is -0.145. The van der Waals surface area contributed by atoms with E-state index < -0.39 is 12.0 Å². The zero-order valence-corrected chi connectivity index (χ0v) is 9.25. The topological polar surface area (TPSA) is 29.3 Å². The second-order valence-corrected chi connectivity index (χ2v) is 3.62. The molecule has 2 aromatic heterocycles. The standard InChI is InChI=1S/C11H12F3N3/c1-2-15-7-8-9-5-3-4-6-17(9)10(16-8)11(12,13)14/h3-6,15H,2,7H2,1H3. The Labute approximate surface area is 96.3 Å². The average molecular weight is 243 g/mol. The number of nitrogens with zero attached hydrogens (tertiary/aromatic N) is 2. The number of hydrogen-bond donors (Lipinski definition) is 1. The van der Waals surface area contributed by atoms with E-state index in [1.165, 1.54) is 6.20 Å². The number of nitrogens with one attached hydrogen (secondary N) is 1. The Hall–Kier alpha value is -1.56. The molecule has 0 aliphatic carbocycles. The monoisotopic (exact) mass is 243 g/mol. The van der Waals surface area contributed by atoms with Gasteiger partial charge in [-0.1, -0.05) is 13.0 Å². The summed E-state index contributed by atoms with van der Waals surface area (Å²) in [4.78, 5) is 3.67. The molecule has 0 amide bonds. The molecule has 0 aliphatic rings. The van der Waals surface area contributed by atoms with Crippen LogP contribution in [0.2, 0.25) is 0 Å². The van der Waals surface area contributed by atoms with Gasteiger partial charge in [0.15, 0.2) is 0 Å². The van der Waals surface area contributed by atoms with Crippen molar-refractivity contribution in [3.05, 3.63) is 35.9 Å². The Morgan fingerprint density at radius 1 is 1.35 bits per heavy atom. The maximum Gasteiger partial charge on any atom is 0.450 e. The first kappa shape index (κ1) is 11.9. The van der Waals surface area contributed by atoms with Crippen molar-refractivity contribution in [1.82, 2.24) is 14.7 Å². The van der Waals surface area contributed by atoms with Crippen LogP contribution in [0.1, 0.15) is 18.4 Å². The molecule has 2 rings (SSSR count). The van der Waals surface area contributed by atoms with Gasteiger partial charge in [0.1, 0.15) is 0 Å². The smallest absolute Gasteiger partial charge is 0.311 e. The molecule has 0 saturated carbocycles. The Bertz CT molecular complexity index is 516. The number of imidazole rings is 1. The molecule has 0 unspecified atom stereocenters. The van der Waals surface area contributed by atoms with E-state index in [9.17, 15) is 13.2 Å². The number of hydrogen-bond acceptors (Lipinski definition) is 2. The number of aromatic nitrogens is 2. The number of fused-ring (bicyclic) bond motifs is 1. The SMILES string of the molecule is CCNCc1nc(C(F)(F)F)n2ccccc12. The summed E-state index contributed by atoms with van der Waals surface area (Å²) in [6.45, 7) is 2.91. The molecule has 1 N–H and O–H groups in total. The minimum atomic E-state index is -4.44. The van der Waals surface area contributed by atoms with Crippen LogP contribution in [0.3, 0.4) is 0 Å². The molecular weight excluding hydrogens is 231 g/mol. The Morgan fingerprint density at radius 2 is 2.12 bits per heavy atom. The van der Waals surface area contributed by atoms with Gasteiger partial charge in [-0.3, -0.25) is 4.40 Å². The first-order valence-electron chi connectivity index (χ1n) is 5.28. The largest absolute Gasteiger partial charge is 0.450 e. The van der Waals surface area contributed by atoms with Gasteiger partial charge in [0.25, 0.3) is 0 Å². The minimum absolute atomic E-state index is 0.333. The zero-order chi connectivity index (χ0) is 12.5. The van der Waals surface area contributed by atoms with Crippen molar-refractivity contribution in [2.75, 3.05) is 6.54 Å². The maximum atomic E-state index is 12.7. The third kappa shape index (κ3) is 2.26. The van der Waals surface area contributed by atoms with Gasteiger partial charge in [0.05, 0.1) is 11.2 Å². The van der Waals surface area contributed by atoms with E-state index in [-0.39, 0.29) is 0 Å². The predicted octanol–water partition coefficient (Wildman–Crippen LogP) is 2.46. The van der Waals surface area contributed by atoms with Crippen LogP contribution in [-0.2, 0) is 12.7 Å². The number of pyridine rings is 1. The summed E-state index contributed by atoms with van der Waals surface area (Å²) >= 11 is 0. The molecular formula is C11H12F3N3. The van der Waals surface area contributed by atoms with E-state index in [0.717, 1.165) is 4.40 Å². The molecule has 0 aliphatic heterocycles. The molecule has 6 heteroatoms. The van der Waals surface area contributed by atoms with Crippen LogP contribution in [0.25, 0.3) is 5.52 Å². The third-order valence-electron chi connectivity index (χ3n) is 2.42. The number of rotatable bonds is 3. The highest BCUT2D eigenvalue weighted by molar-refractivity contribution is 5.53. The highest BCUT2D eigenvalue weighted by Crippen LogP contribution is 2.30. The number of halogens is 3. The molecule has 2 heterocycles. The first-order chi connectivity index (χ1) is 8.04. The fourth-order valence-corrected chi connectivity index (χ4v) is 1.68. The van der Waals surface area contributed by atoms with Crippen molar-refractivity contribution < 1.29 is 13.2 Å². The van der Waals surface area contributed by atoms with Gasteiger partial charge in [-0.25, -0.2) is 4.98 Å². The van der Waals surface area contributed by atoms with E-state index >= 15 is 0 Å². The summed E-state index contributed by atoms with van der Waals surface area (Å²) < 4.78 is 39.3. The van der Waals surface area contributed by atoms with E-state index in [1.54, 1.807) is 18.2 Å². The second kappa shape index (κ2) is 4.37. The van der Waals surface area contributed by atoms with E-state index in [1.807, 2.05) is 6.92 Å². The summed E-state index contributed by atoms with van der Waals surface area (Å²) in [7, 11) is 0. The van der Waals surface area contributed by atoms with Crippen molar-refractivity contribution in [3.8, 4) is 0 Å². The highest BCUT2D eigenvalue weighted by atomic mass is 19.4. The first-order valence-corrected chi connectivity index (χ1v) is 5.28. The Balaban J connectivity index is 2.55. The van der Waals surface area contributed by atoms with Crippen molar-refractivity contribution in [1.29, 1.82) is 0 Å². The zero-order valence-electron chi connectivity index (χ0n) is 9.25. The number of alkyl halides is 3. The fourth-order valence-electron chi connectivity index (χ4n) is 1.68. The van der Waals surface area contributed by atoms with Gasteiger partial charge >= 0.3 is 6.18 Å². The molecule has 2 aromatic rings. The van der Waals surface area contributed by atoms with Crippen molar-refractivity contribution in [2.24, 2.45) is 0 Å². The molecule has 92 valence electrons. The molecule has 0 fully saturated rings. The van der Waals surface area contributed by atoms with Crippen LogP contribution >= 0.6 is 0 Å². The van der Waals surface area contributed by atoms with Gasteiger partial charge < -0.3 is 5.32 Å². The van der Waals surface area contributed by atoms with Crippen LogP contribution in [0, 0.1) is 0 Å². The summed E-state index contributed by atoms with van der Waals surface area (Å²) in [5.41, 5.74) is 0.903. The lowest BCUT2D eigenvalue weighted by Gasteiger charge is -2.03. The van der Waals surface area contributed by atoms with Gasteiger partial charge in [-0.05, 0) is 18.7 Å². The third-order valence-corrected chi connectivity index (χ3v) is 2.42. The molecule has 3 nitrogen and oxygen atoms in total. The molecule has 0 bridgehead atoms. The van der Waals surface area contributed by atoms with E-state index in [0.29, 0.717) is 24.3 Å². The van der Waals surface area contributed by atoms with Crippen LogP contribution in [0.4, 0.5) is 13.2 Å². The molecule has 0 spiro atoms. The van der Waals surface area contributed by atoms with Gasteiger partial charge in [-0.2, -0.15) is 13.2 Å². The molecule has 0 saturated heterocycles. The van der Waals surface area contributed by atoms with Crippen LogP contribution in [-0.4, -0.2) is 15.9 Å². The average Bonchev–Trinajstić information content (AvgIpc) is 2.65. The summed E-state index contributed by atoms with van der Waals surface area (Å²) in [5, 5.41) is 2.98. The molecule has 0 radical (unpaired) electrons. The summed E-state index contributed by atoms with van der Waals surface area (Å²) in [6.07, 6.45) is -3.06. The van der Waals surface area contributed by atoms with Crippen molar-refractivity contribution >= 4 is 5.52 Å². The van der Waals surface area contributed by atoms with Crippen LogP contribution < -0.4 is 5.32 Å². The Morgan fingerprint density at radius 3 is 2.76 bits per heavy atom. The van der Waals surface area contributed by atoms with Crippen molar-refractivity contribution in [2.45, 2.75) is 19.6 Å². The summed E-state index contributed by atoms with van der Waals surface area (Å²) in [6, 6.07) is 4.89. The lowest BCUT2D eigenvalue weighted by atomic mass is 10.3. The minimum Gasteiger partial charge on any atom is -0.311 e. The molecule has 0 atom stereocenters. The molecule has 0 aromatic carbocycles. The normalized spacial score (nSPS) is 12.2. The Kier molecular flexibility index (Phi) is 3.06. The van der Waals surface area contributed by atoms with Crippen LogP contribution in [0.5, 0.6) is 0 Å². The quantitative estimate of drug-likeness (QED) is 0.897.